The molecule has 7 nitrogen and oxygen atoms in total. The Morgan fingerprint density at radius 1 is 1.22 bits per heavy atom. The Balaban J connectivity index is 1.75. The molecule has 0 bridgehead atoms. The number of ether oxygens (including phenoxy) is 1. The SMILES string of the molecule is CCN1CCN(c2cc(C(=O)Nc3ccc(OC)c(Cl)c3)nc(C)n2)CC1. The number of methoxy groups -OCH3 is 1. The summed E-state index contributed by atoms with van der Waals surface area (Å²) in [6.45, 7) is 8.77. The fraction of sp³-hybridized carbons (Fsp3) is 0.421. The van der Waals surface area contributed by atoms with E-state index in [1.165, 1.54) is 0 Å². The number of anilines is 2. The number of carbonyl (C=O) groups is 1. The van der Waals surface area contributed by atoms with E-state index in [-0.39, 0.29) is 5.91 Å². The van der Waals surface area contributed by atoms with Gasteiger partial charge in [0.05, 0.1) is 12.1 Å². The number of carbonyl (C=O) groups excluding carboxylic acids is 1. The summed E-state index contributed by atoms with van der Waals surface area (Å²) in [5.41, 5.74) is 0.919. The second-order valence-corrected chi connectivity index (χ2v) is 6.79. The van der Waals surface area contributed by atoms with E-state index in [0.717, 1.165) is 38.5 Å². The zero-order valence-corrected chi connectivity index (χ0v) is 16.6. The number of hydrogen-bond acceptors (Lipinski definition) is 6. The van der Waals surface area contributed by atoms with Gasteiger partial charge in [-0.2, -0.15) is 0 Å². The van der Waals surface area contributed by atoms with Crippen molar-refractivity contribution in [3.63, 3.8) is 0 Å². The fourth-order valence-electron chi connectivity index (χ4n) is 3.06. The maximum absolute atomic E-state index is 12.7. The van der Waals surface area contributed by atoms with Gasteiger partial charge in [0.1, 0.15) is 23.1 Å². The molecule has 1 aliphatic heterocycles. The Bertz CT molecular complexity index is 822. The van der Waals surface area contributed by atoms with Crippen molar-refractivity contribution in [2.45, 2.75) is 13.8 Å². The first-order chi connectivity index (χ1) is 13.0. The van der Waals surface area contributed by atoms with Gasteiger partial charge in [0, 0.05) is 37.9 Å². The van der Waals surface area contributed by atoms with Crippen LogP contribution in [0.1, 0.15) is 23.2 Å². The molecule has 0 spiro atoms. The van der Waals surface area contributed by atoms with Gasteiger partial charge in [-0.25, -0.2) is 9.97 Å². The number of aryl methyl sites for hydroxylation is 1. The van der Waals surface area contributed by atoms with Crippen molar-refractivity contribution in [2.75, 3.05) is 50.1 Å². The van der Waals surface area contributed by atoms with Crippen LogP contribution in [0.15, 0.2) is 24.3 Å². The Morgan fingerprint density at radius 3 is 2.59 bits per heavy atom. The second kappa shape index (κ2) is 8.54. The monoisotopic (exact) mass is 389 g/mol. The van der Waals surface area contributed by atoms with Gasteiger partial charge in [0.15, 0.2) is 0 Å². The van der Waals surface area contributed by atoms with Gasteiger partial charge < -0.3 is 19.9 Å². The molecule has 8 heteroatoms. The molecular weight excluding hydrogens is 366 g/mol. The highest BCUT2D eigenvalue weighted by Crippen LogP contribution is 2.27. The third-order valence-corrected chi connectivity index (χ3v) is 4.91. The van der Waals surface area contributed by atoms with Crippen molar-refractivity contribution in [1.82, 2.24) is 14.9 Å². The first-order valence-electron chi connectivity index (χ1n) is 8.98. The quantitative estimate of drug-likeness (QED) is 0.847. The van der Waals surface area contributed by atoms with Crippen LogP contribution in [-0.2, 0) is 0 Å². The van der Waals surface area contributed by atoms with E-state index in [4.69, 9.17) is 16.3 Å². The molecule has 0 radical (unpaired) electrons. The number of piperazine rings is 1. The van der Waals surface area contributed by atoms with Crippen molar-refractivity contribution in [1.29, 1.82) is 0 Å². The zero-order chi connectivity index (χ0) is 19.4. The van der Waals surface area contributed by atoms with E-state index in [2.05, 4.69) is 32.0 Å². The maximum atomic E-state index is 12.7. The van der Waals surface area contributed by atoms with Crippen LogP contribution in [0.3, 0.4) is 0 Å². The lowest BCUT2D eigenvalue weighted by Gasteiger charge is -2.34. The molecule has 144 valence electrons. The Kier molecular flexibility index (Phi) is 6.13. The van der Waals surface area contributed by atoms with Gasteiger partial charge in [-0.05, 0) is 31.7 Å². The molecule has 2 heterocycles. The summed E-state index contributed by atoms with van der Waals surface area (Å²) in [6.07, 6.45) is 0. The number of rotatable bonds is 5. The number of benzene rings is 1. The van der Waals surface area contributed by atoms with Crippen LogP contribution in [0.2, 0.25) is 5.02 Å². The Morgan fingerprint density at radius 2 is 1.96 bits per heavy atom. The minimum Gasteiger partial charge on any atom is -0.495 e. The summed E-state index contributed by atoms with van der Waals surface area (Å²) < 4.78 is 5.13. The van der Waals surface area contributed by atoms with Crippen LogP contribution < -0.4 is 15.0 Å². The Labute approximate surface area is 164 Å². The molecule has 1 aliphatic rings. The van der Waals surface area contributed by atoms with Crippen LogP contribution in [0.5, 0.6) is 5.75 Å². The molecule has 1 N–H and O–H groups in total. The molecule has 1 amide bonds. The number of nitrogens with zero attached hydrogens (tertiary/aromatic N) is 4. The van der Waals surface area contributed by atoms with E-state index >= 15 is 0 Å². The van der Waals surface area contributed by atoms with Crippen LogP contribution in [-0.4, -0.2) is 60.6 Å². The number of aromatic nitrogens is 2. The van der Waals surface area contributed by atoms with Gasteiger partial charge in [-0.3, -0.25) is 4.79 Å². The van der Waals surface area contributed by atoms with E-state index in [0.29, 0.717) is 28.0 Å². The third-order valence-electron chi connectivity index (χ3n) is 4.61. The summed E-state index contributed by atoms with van der Waals surface area (Å²) in [4.78, 5) is 26.1. The summed E-state index contributed by atoms with van der Waals surface area (Å²) in [5.74, 6) is 1.62. The number of nitrogens with one attached hydrogen (secondary N) is 1. The predicted octanol–water partition coefficient (Wildman–Crippen LogP) is 2.84. The maximum Gasteiger partial charge on any atom is 0.274 e. The first-order valence-corrected chi connectivity index (χ1v) is 9.36. The summed E-state index contributed by atoms with van der Waals surface area (Å²) in [7, 11) is 1.55. The fourth-order valence-corrected chi connectivity index (χ4v) is 3.32. The smallest absolute Gasteiger partial charge is 0.274 e. The Hall–Kier alpha value is -2.38. The third kappa shape index (κ3) is 4.67. The first kappa shape index (κ1) is 19.4. The van der Waals surface area contributed by atoms with Gasteiger partial charge in [-0.15, -0.1) is 0 Å². The average Bonchev–Trinajstić information content (AvgIpc) is 2.67. The van der Waals surface area contributed by atoms with E-state index in [9.17, 15) is 4.79 Å². The highest BCUT2D eigenvalue weighted by Gasteiger charge is 2.19. The summed E-state index contributed by atoms with van der Waals surface area (Å²) in [5, 5.41) is 3.26. The van der Waals surface area contributed by atoms with Gasteiger partial charge >= 0.3 is 0 Å². The van der Waals surface area contributed by atoms with Gasteiger partial charge in [0.25, 0.3) is 5.91 Å². The van der Waals surface area contributed by atoms with Gasteiger partial charge in [0.2, 0.25) is 0 Å². The normalized spacial score (nSPS) is 14.9. The van der Waals surface area contributed by atoms with Crippen molar-refractivity contribution >= 4 is 29.0 Å². The molecule has 27 heavy (non-hydrogen) atoms. The largest absolute Gasteiger partial charge is 0.495 e. The van der Waals surface area contributed by atoms with Crippen molar-refractivity contribution < 1.29 is 9.53 Å². The molecule has 0 saturated carbocycles. The molecule has 1 aromatic heterocycles. The van der Waals surface area contributed by atoms with Crippen LogP contribution in [0.25, 0.3) is 0 Å². The predicted molar refractivity (Wildman–Crippen MR) is 107 cm³/mol. The van der Waals surface area contributed by atoms with Crippen molar-refractivity contribution in [3.05, 3.63) is 40.8 Å². The molecule has 1 aromatic carbocycles. The number of amides is 1. The molecule has 0 aliphatic carbocycles. The highest BCUT2D eigenvalue weighted by molar-refractivity contribution is 6.32. The summed E-state index contributed by atoms with van der Waals surface area (Å²) >= 11 is 6.12. The van der Waals surface area contributed by atoms with Crippen LogP contribution >= 0.6 is 11.6 Å². The zero-order valence-electron chi connectivity index (χ0n) is 15.8. The lowest BCUT2D eigenvalue weighted by atomic mass is 10.2. The van der Waals surface area contributed by atoms with Crippen molar-refractivity contribution in [3.8, 4) is 5.75 Å². The molecule has 0 atom stereocenters. The van der Waals surface area contributed by atoms with Gasteiger partial charge in [-0.1, -0.05) is 18.5 Å². The topological polar surface area (TPSA) is 70.6 Å². The summed E-state index contributed by atoms with van der Waals surface area (Å²) in [6, 6.07) is 6.84. The average molecular weight is 390 g/mol. The minimum atomic E-state index is -0.296. The van der Waals surface area contributed by atoms with Crippen LogP contribution in [0.4, 0.5) is 11.5 Å². The van der Waals surface area contributed by atoms with E-state index < -0.39 is 0 Å². The van der Waals surface area contributed by atoms with Crippen LogP contribution in [0, 0.1) is 6.92 Å². The molecule has 2 aromatic rings. The second-order valence-electron chi connectivity index (χ2n) is 6.38. The molecule has 3 rings (SSSR count). The molecule has 0 unspecified atom stereocenters. The number of halogens is 1. The molecular formula is C19H24ClN5O2. The molecule has 1 fully saturated rings. The van der Waals surface area contributed by atoms with E-state index in [1.54, 1.807) is 38.3 Å². The van der Waals surface area contributed by atoms with Crippen molar-refractivity contribution in [2.24, 2.45) is 0 Å². The highest BCUT2D eigenvalue weighted by atomic mass is 35.5. The number of likely N-dealkylation sites (N-methyl/N-ethyl adjacent to an activating group) is 1. The minimum absolute atomic E-state index is 0.296. The standard InChI is InChI=1S/C19H24ClN5O2/c1-4-24-7-9-25(10-8-24)18-12-16(21-13(2)22-18)19(26)23-14-5-6-17(27-3)15(20)11-14/h5-6,11-12H,4,7-10H2,1-3H3,(H,23,26). The number of hydrogen-bond donors (Lipinski definition) is 1. The molecule has 1 saturated heterocycles. The lowest BCUT2D eigenvalue weighted by molar-refractivity contribution is 0.102. The van der Waals surface area contributed by atoms with E-state index in [1.807, 2.05) is 0 Å². The lowest BCUT2D eigenvalue weighted by Crippen LogP contribution is -2.46.